The van der Waals surface area contributed by atoms with Gasteiger partial charge in [-0.2, -0.15) is 0 Å². The van der Waals surface area contributed by atoms with Crippen LogP contribution >= 0.6 is 11.8 Å². The number of nitrogens with one attached hydrogen (secondary N) is 1. The summed E-state index contributed by atoms with van der Waals surface area (Å²) in [6, 6.07) is 27.0. The zero-order valence-corrected chi connectivity index (χ0v) is 17.3. The maximum absolute atomic E-state index is 13.2. The molecule has 0 saturated heterocycles. The summed E-state index contributed by atoms with van der Waals surface area (Å²) < 4.78 is 7.30. The number of thioether (sulfide) groups is 1. The quantitative estimate of drug-likeness (QED) is 0.413. The summed E-state index contributed by atoms with van der Waals surface area (Å²) in [6.07, 6.45) is 3.62. The second-order valence-electron chi connectivity index (χ2n) is 6.55. The summed E-state index contributed by atoms with van der Waals surface area (Å²) in [7, 11) is 1.64. The Morgan fingerprint density at radius 3 is 2.47 bits per heavy atom. The fraction of sp³-hybridized carbons (Fsp3) is 0.0833. The molecule has 0 aliphatic rings. The first kappa shape index (κ1) is 19.8. The molecule has 0 saturated carbocycles. The number of aromatic nitrogens is 2. The second-order valence-corrected chi connectivity index (χ2v) is 7.62. The Morgan fingerprint density at radius 2 is 1.73 bits per heavy atom. The molecule has 1 heterocycles. The summed E-state index contributed by atoms with van der Waals surface area (Å²) in [5, 5.41) is 3.28. The van der Waals surface area contributed by atoms with Crippen LogP contribution in [0, 0.1) is 0 Å². The third-order valence-corrected chi connectivity index (χ3v) is 5.78. The molecule has 1 aromatic heterocycles. The molecule has 0 aliphatic heterocycles. The van der Waals surface area contributed by atoms with E-state index in [2.05, 4.69) is 10.3 Å². The number of carbonyl (C=O) groups is 1. The van der Waals surface area contributed by atoms with E-state index in [1.54, 1.807) is 13.3 Å². The van der Waals surface area contributed by atoms with E-state index in [1.807, 2.05) is 95.7 Å². The van der Waals surface area contributed by atoms with E-state index in [0.29, 0.717) is 0 Å². The van der Waals surface area contributed by atoms with Crippen molar-refractivity contribution < 1.29 is 9.53 Å². The molecule has 1 N–H and O–H groups in total. The van der Waals surface area contributed by atoms with E-state index in [-0.39, 0.29) is 5.91 Å². The van der Waals surface area contributed by atoms with E-state index >= 15 is 0 Å². The number of hydrogen-bond acceptors (Lipinski definition) is 4. The van der Waals surface area contributed by atoms with Crippen LogP contribution < -0.4 is 10.1 Å². The third-order valence-electron chi connectivity index (χ3n) is 4.54. The van der Waals surface area contributed by atoms with E-state index in [1.165, 1.54) is 11.8 Å². The summed E-state index contributed by atoms with van der Waals surface area (Å²) in [6.45, 7) is 0. The van der Waals surface area contributed by atoms with Gasteiger partial charge in [-0.25, -0.2) is 4.98 Å². The normalized spacial score (nSPS) is 11.6. The molecular weight excluding hydrogens is 394 g/mol. The average molecular weight is 416 g/mol. The molecule has 0 aliphatic carbocycles. The molecule has 0 radical (unpaired) electrons. The van der Waals surface area contributed by atoms with Crippen molar-refractivity contribution in [1.82, 2.24) is 9.55 Å². The minimum atomic E-state index is -0.460. The monoisotopic (exact) mass is 415 g/mol. The molecule has 5 nitrogen and oxygen atoms in total. The van der Waals surface area contributed by atoms with Gasteiger partial charge in [-0.15, -0.1) is 0 Å². The highest BCUT2D eigenvalue weighted by Crippen LogP contribution is 2.36. The largest absolute Gasteiger partial charge is 0.497 e. The fourth-order valence-electron chi connectivity index (χ4n) is 3.07. The number of amides is 1. The topological polar surface area (TPSA) is 56.2 Å². The van der Waals surface area contributed by atoms with Crippen LogP contribution in [0.1, 0.15) is 10.8 Å². The first-order valence-corrected chi connectivity index (χ1v) is 10.4. The van der Waals surface area contributed by atoms with Crippen molar-refractivity contribution in [2.75, 3.05) is 12.4 Å². The van der Waals surface area contributed by atoms with Gasteiger partial charge in [0.1, 0.15) is 11.0 Å². The Morgan fingerprint density at radius 1 is 1.00 bits per heavy atom. The minimum Gasteiger partial charge on any atom is -0.497 e. The molecule has 1 atom stereocenters. The van der Waals surface area contributed by atoms with E-state index in [0.717, 1.165) is 27.8 Å². The van der Waals surface area contributed by atoms with Crippen molar-refractivity contribution in [3.05, 3.63) is 103 Å². The molecule has 0 spiro atoms. The third kappa shape index (κ3) is 4.55. The standard InChI is InChI=1S/C24H21N3O2S/c1-29-21-14-8-13-20(17-21)27-16-15-25-24(27)30-22(18-9-4-2-5-10-18)23(28)26-19-11-6-3-7-12-19/h2-17,22H,1H3,(H,26,28). The van der Waals surface area contributed by atoms with Crippen LogP contribution in [0.4, 0.5) is 5.69 Å². The molecular formula is C24H21N3O2S. The maximum atomic E-state index is 13.2. The molecule has 0 bridgehead atoms. The summed E-state index contributed by atoms with van der Waals surface area (Å²) in [5.41, 5.74) is 2.60. The van der Waals surface area contributed by atoms with Crippen molar-refractivity contribution >= 4 is 23.4 Å². The Kier molecular flexibility index (Phi) is 6.15. The molecule has 4 aromatic rings. The van der Waals surface area contributed by atoms with Gasteiger partial charge in [-0.1, -0.05) is 66.4 Å². The maximum Gasteiger partial charge on any atom is 0.242 e. The van der Waals surface area contributed by atoms with Crippen LogP contribution in [0.25, 0.3) is 5.69 Å². The summed E-state index contributed by atoms with van der Waals surface area (Å²) in [5.74, 6) is 0.663. The number of hydrogen-bond donors (Lipinski definition) is 1. The van der Waals surface area contributed by atoms with Crippen LogP contribution in [-0.4, -0.2) is 22.6 Å². The molecule has 30 heavy (non-hydrogen) atoms. The number of carbonyl (C=O) groups excluding carboxylic acids is 1. The van der Waals surface area contributed by atoms with Gasteiger partial charge >= 0.3 is 0 Å². The Bertz CT molecular complexity index is 1110. The first-order valence-electron chi connectivity index (χ1n) is 9.50. The molecule has 4 rings (SSSR count). The van der Waals surface area contributed by atoms with Crippen molar-refractivity contribution in [3.8, 4) is 11.4 Å². The minimum absolute atomic E-state index is 0.0995. The number of nitrogens with zero attached hydrogens (tertiary/aromatic N) is 2. The summed E-state index contributed by atoms with van der Waals surface area (Å²) >= 11 is 1.41. The summed E-state index contributed by atoms with van der Waals surface area (Å²) in [4.78, 5) is 17.7. The first-order chi connectivity index (χ1) is 14.7. The molecule has 0 fully saturated rings. The van der Waals surface area contributed by atoms with Crippen molar-refractivity contribution in [3.63, 3.8) is 0 Å². The molecule has 1 amide bonds. The van der Waals surface area contributed by atoms with E-state index in [4.69, 9.17) is 4.74 Å². The average Bonchev–Trinajstić information content (AvgIpc) is 3.27. The second kappa shape index (κ2) is 9.33. The van der Waals surface area contributed by atoms with Gasteiger partial charge < -0.3 is 10.1 Å². The Labute approximate surface area is 179 Å². The zero-order chi connectivity index (χ0) is 20.8. The van der Waals surface area contributed by atoms with Gasteiger partial charge in [0, 0.05) is 24.1 Å². The Balaban J connectivity index is 1.65. The van der Waals surface area contributed by atoms with Crippen molar-refractivity contribution in [2.45, 2.75) is 10.4 Å². The number of rotatable bonds is 7. The van der Waals surface area contributed by atoms with E-state index in [9.17, 15) is 4.79 Å². The highest BCUT2D eigenvalue weighted by Gasteiger charge is 2.24. The Hall–Kier alpha value is -3.51. The lowest BCUT2D eigenvalue weighted by Crippen LogP contribution is -2.19. The smallest absolute Gasteiger partial charge is 0.242 e. The molecule has 150 valence electrons. The highest BCUT2D eigenvalue weighted by molar-refractivity contribution is 8.00. The molecule has 1 unspecified atom stereocenters. The number of methoxy groups -OCH3 is 1. The lowest BCUT2D eigenvalue weighted by molar-refractivity contribution is -0.115. The van der Waals surface area contributed by atoms with Gasteiger partial charge in [0.2, 0.25) is 5.91 Å². The van der Waals surface area contributed by atoms with Crippen LogP contribution in [0.3, 0.4) is 0 Å². The lowest BCUT2D eigenvalue weighted by Gasteiger charge is -2.17. The highest BCUT2D eigenvalue weighted by atomic mass is 32.2. The molecule has 6 heteroatoms. The van der Waals surface area contributed by atoms with Crippen LogP contribution in [0.2, 0.25) is 0 Å². The predicted octanol–water partition coefficient (Wildman–Crippen LogP) is 5.35. The van der Waals surface area contributed by atoms with Crippen LogP contribution in [0.15, 0.2) is 102 Å². The van der Waals surface area contributed by atoms with Gasteiger partial charge in [0.25, 0.3) is 0 Å². The van der Waals surface area contributed by atoms with Crippen molar-refractivity contribution in [1.29, 1.82) is 0 Å². The number of ether oxygens (including phenoxy) is 1. The van der Waals surface area contributed by atoms with E-state index < -0.39 is 5.25 Å². The number of benzene rings is 3. The van der Waals surface area contributed by atoms with Gasteiger partial charge in [0.15, 0.2) is 5.16 Å². The number of anilines is 1. The van der Waals surface area contributed by atoms with Crippen LogP contribution in [-0.2, 0) is 4.79 Å². The zero-order valence-electron chi connectivity index (χ0n) is 16.4. The fourth-order valence-corrected chi connectivity index (χ4v) is 4.14. The lowest BCUT2D eigenvalue weighted by atomic mass is 10.1. The number of para-hydroxylation sites is 1. The number of imidazole rings is 1. The SMILES string of the molecule is COc1cccc(-n2ccnc2SC(C(=O)Nc2ccccc2)c2ccccc2)c1. The van der Waals surface area contributed by atoms with Crippen molar-refractivity contribution in [2.24, 2.45) is 0 Å². The molecule has 3 aromatic carbocycles. The van der Waals surface area contributed by atoms with Gasteiger partial charge in [-0.05, 0) is 29.8 Å². The van der Waals surface area contributed by atoms with Gasteiger partial charge in [0.05, 0.1) is 12.8 Å². The van der Waals surface area contributed by atoms with Crippen LogP contribution in [0.5, 0.6) is 5.75 Å². The van der Waals surface area contributed by atoms with Gasteiger partial charge in [-0.3, -0.25) is 9.36 Å². The predicted molar refractivity (Wildman–Crippen MR) is 120 cm³/mol.